The topological polar surface area (TPSA) is 89.1 Å². The second-order valence-corrected chi connectivity index (χ2v) is 2.84. The van der Waals surface area contributed by atoms with E-state index in [0.29, 0.717) is 11.3 Å². The monoisotopic (exact) mass is 193 g/mol. The smallest absolute Gasteiger partial charge is 0.320 e. The van der Waals surface area contributed by atoms with Crippen molar-refractivity contribution >= 4 is 11.5 Å². The molecule has 0 radical (unpaired) electrons. The molecule has 1 rings (SSSR count). The Kier molecular flexibility index (Phi) is 3.30. The quantitative estimate of drug-likeness (QED) is 0.717. The van der Waals surface area contributed by atoms with Crippen molar-refractivity contribution in [1.82, 2.24) is 9.97 Å². The Bertz CT molecular complexity index is 337. The van der Waals surface area contributed by atoms with Crippen molar-refractivity contribution in [3.05, 3.63) is 30.9 Å². The molecule has 5 heteroatoms. The summed E-state index contributed by atoms with van der Waals surface area (Å²) in [6.07, 6.45) is 4.76. The fourth-order valence-electron chi connectivity index (χ4n) is 0.939. The van der Waals surface area contributed by atoms with Crippen LogP contribution in [0.25, 0.3) is 5.57 Å². The van der Waals surface area contributed by atoms with Gasteiger partial charge in [0.1, 0.15) is 6.04 Å². The zero-order valence-electron chi connectivity index (χ0n) is 7.55. The van der Waals surface area contributed by atoms with Gasteiger partial charge in [0.05, 0.1) is 11.9 Å². The molecule has 1 aromatic rings. The van der Waals surface area contributed by atoms with E-state index in [-0.39, 0.29) is 6.42 Å². The first-order valence-corrected chi connectivity index (χ1v) is 4.04. The normalized spacial score (nSPS) is 12.1. The first-order valence-electron chi connectivity index (χ1n) is 4.04. The molecule has 0 saturated heterocycles. The third-order valence-electron chi connectivity index (χ3n) is 1.71. The van der Waals surface area contributed by atoms with Gasteiger partial charge < -0.3 is 10.8 Å². The number of carboxylic acid groups (broad SMARTS) is 1. The van der Waals surface area contributed by atoms with Gasteiger partial charge in [0.15, 0.2) is 0 Å². The van der Waals surface area contributed by atoms with E-state index < -0.39 is 12.0 Å². The van der Waals surface area contributed by atoms with Crippen LogP contribution in [0.4, 0.5) is 0 Å². The second-order valence-electron chi connectivity index (χ2n) is 2.84. The van der Waals surface area contributed by atoms with Gasteiger partial charge in [-0.15, -0.1) is 0 Å². The van der Waals surface area contributed by atoms with Crippen LogP contribution < -0.4 is 5.73 Å². The summed E-state index contributed by atoms with van der Waals surface area (Å²) in [5, 5.41) is 8.58. The first-order chi connectivity index (χ1) is 6.61. The van der Waals surface area contributed by atoms with Crippen LogP contribution >= 0.6 is 0 Å². The SMILES string of the molecule is C=C(C[C@@H](N)C(=O)O)c1cnccn1. The number of carboxylic acids is 1. The van der Waals surface area contributed by atoms with Crippen molar-refractivity contribution in [3.63, 3.8) is 0 Å². The third kappa shape index (κ3) is 2.63. The summed E-state index contributed by atoms with van der Waals surface area (Å²) in [6, 6.07) is -0.940. The summed E-state index contributed by atoms with van der Waals surface area (Å²) in [5.41, 5.74) is 6.50. The molecule has 0 unspecified atom stereocenters. The maximum atomic E-state index is 10.5. The maximum absolute atomic E-state index is 10.5. The summed E-state index contributed by atoms with van der Waals surface area (Å²) >= 11 is 0. The molecule has 0 bridgehead atoms. The van der Waals surface area contributed by atoms with Crippen LogP contribution in [0.15, 0.2) is 25.2 Å². The standard InChI is InChI=1S/C9H11N3O2/c1-6(4-7(10)9(13)14)8-5-11-2-3-12-8/h2-3,5,7H,1,4,10H2,(H,13,14)/t7-/m1/s1. The minimum absolute atomic E-state index is 0.175. The van der Waals surface area contributed by atoms with Crippen LogP contribution in [-0.2, 0) is 4.79 Å². The first kappa shape index (κ1) is 10.3. The number of rotatable bonds is 4. The largest absolute Gasteiger partial charge is 0.480 e. The van der Waals surface area contributed by atoms with E-state index >= 15 is 0 Å². The number of aromatic nitrogens is 2. The number of nitrogens with two attached hydrogens (primary N) is 1. The van der Waals surface area contributed by atoms with Gasteiger partial charge >= 0.3 is 5.97 Å². The summed E-state index contributed by atoms with van der Waals surface area (Å²) in [6.45, 7) is 3.70. The number of hydrogen-bond donors (Lipinski definition) is 2. The van der Waals surface area contributed by atoms with Gasteiger partial charge in [0, 0.05) is 12.4 Å². The minimum atomic E-state index is -1.05. The molecule has 0 amide bonds. The fraction of sp³-hybridized carbons (Fsp3) is 0.222. The molecule has 0 aliphatic rings. The Morgan fingerprint density at radius 3 is 2.86 bits per heavy atom. The average Bonchev–Trinajstić information content (AvgIpc) is 2.19. The van der Waals surface area contributed by atoms with Gasteiger partial charge in [0.2, 0.25) is 0 Å². The lowest BCUT2D eigenvalue weighted by Crippen LogP contribution is -2.30. The number of hydrogen-bond acceptors (Lipinski definition) is 4. The average molecular weight is 193 g/mol. The Labute approximate surface area is 81.3 Å². The Morgan fingerprint density at radius 1 is 1.64 bits per heavy atom. The predicted molar refractivity (Wildman–Crippen MR) is 51.3 cm³/mol. The van der Waals surface area contributed by atoms with Crippen LogP contribution in [-0.4, -0.2) is 27.1 Å². The van der Waals surface area contributed by atoms with Crippen LogP contribution in [0.5, 0.6) is 0 Å². The molecule has 74 valence electrons. The number of nitrogens with zero attached hydrogens (tertiary/aromatic N) is 2. The van der Waals surface area contributed by atoms with Crippen LogP contribution in [0.1, 0.15) is 12.1 Å². The highest BCUT2D eigenvalue weighted by Gasteiger charge is 2.13. The van der Waals surface area contributed by atoms with Gasteiger partial charge in [-0.2, -0.15) is 0 Å². The van der Waals surface area contributed by atoms with E-state index in [4.69, 9.17) is 10.8 Å². The fourth-order valence-corrected chi connectivity index (χ4v) is 0.939. The molecular formula is C9H11N3O2. The molecule has 1 heterocycles. The summed E-state index contributed by atoms with van der Waals surface area (Å²) in [7, 11) is 0. The van der Waals surface area contributed by atoms with Gasteiger partial charge in [-0.05, 0) is 12.0 Å². The molecule has 0 fully saturated rings. The van der Waals surface area contributed by atoms with Gasteiger partial charge in [-0.3, -0.25) is 14.8 Å². The zero-order chi connectivity index (χ0) is 10.6. The van der Waals surface area contributed by atoms with Crippen molar-refractivity contribution in [2.24, 2.45) is 5.73 Å². The highest BCUT2D eigenvalue weighted by atomic mass is 16.4. The molecule has 14 heavy (non-hydrogen) atoms. The van der Waals surface area contributed by atoms with E-state index in [1.807, 2.05) is 0 Å². The van der Waals surface area contributed by atoms with E-state index in [1.54, 1.807) is 0 Å². The summed E-state index contributed by atoms with van der Waals surface area (Å²) in [5.74, 6) is -1.05. The lowest BCUT2D eigenvalue weighted by molar-refractivity contribution is -0.138. The number of aliphatic carboxylic acids is 1. The van der Waals surface area contributed by atoms with Crippen molar-refractivity contribution in [2.75, 3.05) is 0 Å². The molecular weight excluding hydrogens is 182 g/mol. The minimum Gasteiger partial charge on any atom is -0.480 e. The lowest BCUT2D eigenvalue weighted by atomic mass is 10.1. The molecule has 0 aliphatic heterocycles. The molecule has 5 nitrogen and oxygen atoms in total. The van der Waals surface area contributed by atoms with E-state index in [9.17, 15) is 4.79 Å². The lowest BCUT2D eigenvalue weighted by Gasteiger charge is -2.07. The van der Waals surface area contributed by atoms with Crippen molar-refractivity contribution in [3.8, 4) is 0 Å². The highest BCUT2D eigenvalue weighted by molar-refractivity contribution is 5.76. The number of carbonyl (C=O) groups is 1. The molecule has 0 spiro atoms. The van der Waals surface area contributed by atoms with Crippen LogP contribution in [0.3, 0.4) is 0 Å². The molecule has 1 aromatic heterocycles. The Balaban J connectivity index is 2.64. The van der Waals surface area contributed by atoms with E-state index in [1.165, 1.54) is 18.6 Å². The van der Waals surface area contributed by atoms with Crippen molar-refractivity contribution in [2.45, 2.75) is 12.5 Å². The zero-order valence-corrected chi connectivity index (χ0v) is 7.55. The van der Waals surface area contributed by atoms with Crippen LogP contribution in [0.2, 0.25) is 0 Å². The second kappa shape index (κ2) is 4.48. The van der Waals surface area contributed by atoms with E-state index in [0.717, 1.165) is 0 Å². The summed E-state index contributed by atoms with van der Waals surface area (Å²) < 4.78 is 0. The van der Waals surface area contributed by atoms with Crippen molar-refractivity contribution in [1.29, 1.82) is 0 Å². The molecule has 0 saturated carbocycles. The van der Waals surface area contributed by atoms with Crippen molar-refractivity contribution < 1.29 is 9.90 Å². The Morgan fingerprint density at radius 2 is 2.36 bits per heavy atom. The molecule has 0 aliphatic carbocycles. The summed E-state index contributed by atoms with van der Waals surface area (Å²) in [4.78, 5) is 18.3. The highest BCUT2D eigenvalue weighted by Crippen LogP contribution is 2.13. The Hall–Kier alpha value is -1.75. The molecule has 1 atom stereocenters. The van der Waals surface area contributed by atoms with E-state index in [2.05, 4.69) is 16.5 Å². The third-order valence-corrected chi connectivity index (χ3v) is 1.71. The predicted octanol–water partition coefficient (Wildman–Crippen LogP) is 0.292. The molecule has 3 N–H and O–H groups in total. The van der Waals surface area contributed by atoms with Gasteiger partial charge in [-0.1, -0.05) is 6.58 Å². The van der Waals surface area contributed by atoms with Crippen LogP contribution in [0, 0.1) is 0 Å². The molecule has 0 aromatic carbocycles. The van der Waals surface area contributed by atoms with Gasteiger partial charge in [0.25, 0.3) is 0 Å². The van der Waals surface area contributed by atoms with Gasteiger partial charge in [-0.25, -0.2) is 0 Å². The maximum Gasteiger partial charge on any atom is 0.320 e.